The molecule has 6 rings (SSSR count). The van der Waals surface area contributed by atoms with Crippen molar-refractivity contribution < 1.29 is 0 Å². The van der Waals surface area contributed by atoms with Crippen molar-refractivity contribution in [2.75, 3.05) is 13.1 Å². The SMILES string of the molecule is C1=C(c2cnc3[nH]nc(-c4cc5c(-c6cccs6)cncc5[nH]4)c3c2)CCNC1. The number of aromatic nitrogens is 5. The van der Waals surface area contributed by atoms with Crippen molar-refractivity contribution in [3.05, 3.63) is 59.9 Å². The van der Waals surface area contributed by atoms with Crippen LogP contribution in [-0.4, -0.2) is 38.2 Å². The third-order valence-electron chi connectivity index (χ3n) is 5.44. The number of nitrogens with zero attached hydrogens (tertiary/aromatic N) is 3. The summed E-state index contributed by atoms with van der Waals surface area (Å²) in [5.74, 6) is 0. The van der Waals surface area contributed by atoms with E-state index < -0.39 is 0 Å². The van der Waals surface area contributed by atoms with E-state index in [9.17, 15) is 0 Å². The zero-order chi connectivity index (χ0) is 19.2. The second-order valence-electron chi connectivity index (χ2n) is 7.18. The quantitative estimate of drug-likeness (QED) is 0.415. The molecule has 0 saturated heterocycles. The van der Waals surface area contributed by atoms with Crippen LogP contribution in [0.4, 0.5) is 0 Å². The van der Waals surface area contributed by atoms with Gasteiger partial charge < -0.3 is 10.3 Å². The molecule has 0 radical (unpaired) electrons. The van der Waals surface area contributed by atoms with E-state index in [2.05, 4.69) is 66.2 Å². The van der Waals surface area contributed by atoms with Crippen LogP contribution in [0.5, 0.6) is 0 Å². The molecule has 0 aromatic carbocycles. The highest BCUT2D eigenvalue weighted by Crippen LogP contribution is 2.35. The minimum atomic E-state index is 0.800. The number of H-pyrrole nitrogens is 2. The van der Waals surface area contributed by atoms with Gasteiger partial charge in [0.2, 0.25) is 0 Å². The Balaban J connectivity index is 1.50. The summed E-state index contributed by atoms with van der Waals surface area (Å²) in [7, 11) is 0. The van der Waals surface area contributed by atoms with Gasteiger partial charge in [-0.3, -0.25) is 10.1 Å². The largest absolute Gasteiger partial charge is 0.352 e. The number of nitrogens with one attached hydrogen (secondary N) is 3. The standard InChI is InChI=1S/C22H18N6S/c1-2-20(29-7-1)17-11-24-12-19-15(17)9-18(26-19)21-16-8-14(10-25-22(16)28-27-21)13-3-5-23-6-4-13/h1-3,7-12,23,26H,4-6H2,(H,25,27,28). The van der Waals surface area contributed by atoms with E-state index in [0.29, 0.717) is 0 Å². The highest BCUT2D eigenvalue weighted by Gasteiger charge is 2.16. The van der Waals surface area contributed by atoms with Crippen molar-refractivity contribution in [3.8, 4) is 21.8 Å². The molecular formula is C22H18N6S. The van der Waals surface area contributed by atoms with Crippen molar-refractivity contribution in [2.45, 2.75) is 6.42 Å². The number of hydrogen-bond donors (Lipinski definition) is 3. The van der Waals surface area contributed by atoms with Gasteiger partial charge >= 0.3 is 0 Å². The van der Waals surface area contributed by atoms with E-state index in [4.69, 9.17) is 0 Å². The molecule has 0 spiro atoms. The third kappa shape index (κ3) is 2.78. The van der Waals surface area contributed by atoms with Crippen LogP contribution in [0.15, 0.2) is 54.3 Å². The lowest BCUT2D eigenvalue weighted by molar-refractivity contribution is 0.738. The van der Waals surface area contributed by atoms with E-state index in [0.717, 1.165) is 58.4 Å². The maximum atomic E-state index is 4.61. The van der Waals surface area contributed by atoms with Gasteiger partial charge in [0.15, 0.2) is 5.65 Å². The third-order valence-corrected chi connectivity index (χ3v) is 6.34. The van der Waals surface area contributed by atoms with Crippen LogP contribution in [0.1, 0.15) is 12.0 Å². The summed E-state index contributed by atoms with van der Waals surface area (Å²) in [4.78, 5) is 13.7. The monoisotopic (exact) mass is 398 g/mol. The van der Waals surface area contributed by atoms with Crippen LogP contribution in [0.25, 0.3) is 49.3 Å². The molecule has 142 valence electrons. The number of pyridine rings is 2. The molecule has 0 bridgehead atoms. The van der Waals surface area contributed by atoms with Gasteiger partial charge in [0, 0.05) is 40.2 Å². The Morgan fingerprint density at radius 1 is 1.07 bits per heavy atom. The van der Waals surface area contributed by atoms with E-state index >= 15 is 0 Å². The Kier molecular flexibility index (Phi) is 3.82. The van der Waals surface area contributed by atoms with Crippen LogP contribution in [0.2, 0.25) is 0 Å². The van der Waals surface area contributed by atoms with Gasteiger partial charge in [-0.25, -0.2) is 4.98 Å². The lowest BCUT2D eigenvalue weighted by Gasteiger charge is -2.13. The van der Waals surface area contributed by atoms with Gasteiger partial charge in [-0.05, 0) is 47.7 Å². The first kappa shape index (κ1) is 16.6. The molecule has 1 aliphatic rings. The van der Waals surface area contributed by atoms with Crippen molar-refractivity contribution in [1.29, 1.82) is 0 Å². The van der Waals surface area contributed by atoms with Gasteiger partial charge in [0.25, 0.3) is 0 Å². The summed E-state index contributed by atoms with van der Waals surface area (Å²) in [6.45, 7) is 1.91. The maximum absolute atomic E-state index is 4.61. The van der Waals surface area contributed by atoms with Crippen LogP contribution in [0, 0.1) is 0 Å². The van der Waals surface area contributed by atoms with Crippen molar-refractivity contribution in [3.63, 3.8) is 0 Å². The van der Waals surface area contributed by atoms with Gasteiger partial charge in [-0.1, -0.05) is 12.1 Å². The molecule has 0 saturated carbocycles. The van der Waals surface area contributed by atoms with Gasteiger partial charge in [-0.15, -0.1) is 11.3 Å². The normalized spacial score (nSPS) is 14.6. The predicted octanol–water partition coefficient (Wildman–Crippen LogP) is 4.61. The van der Waals surface area contributed by atoms with E-state index in [1.54, 1.807) is 11.3 Å². The highest BCUT2D eigenvalue weighted by molar-refractivity contribution is 7.13. The summed E-state index contributed by atoms with van der Waals surface area (Å²) in [6, 6.07) is 8.55. The minimum absolute atomic E-state index is 0.800. The lowest BCUT2D eigenvalue weighted by atomic mass is 10.0. The zero-order valence-corrected chi connectivity index (χ0v) is 16.4. The average Bonchev–Trinajstić information content (AvgIpc) is 3.52. The molecule has 0 amide bonds. The van der Waals surface area contributed by atoms with Crippen LogP contribution < -0.4 is 5.32 Å². The molecule has 29 heavy (non-hydrogen) atoms. The number of hydrogen-bond acceptors (Lipinski definition) is 5. The number of fused-ring (bicyclic) bond motifs is 2. The Hall–Kier alpha value is -3.29. The molecule has 0 unspecified atom stereocenters. The first-order valence-electron chi connectivity index (χ1n) is 9.62. The van der Waals surface area contributed by atoms with Crippen LogP contribution in [-0.2, 0) is 0 Å². The molecular weight excluding hydrogens is 380 g/mol. The Morgan fingerprint density at radius 2 is 2.07 bits per heavy atom. The minimum Gasteiger partial charge on any atom is -0.352 e. The molecule has 0 aliphatic carbocycles. The number of aromatic amines is 2. The molecule has 1 aliphatic heterocycles. The summed E-state index contributed by atoms with van der Waals surface area (Å²) in [5, 5.41) is 15.3. The van der Waals surface area contributed by atoms with Crippen molar-refractivity contribution in [2.24, 2.45) is 0 Å². The molecule has 6 heterocycles. The summed E-state index contributed by atoms with van der Waals surface area (Å²) in [5.41, 5.74) is 7.30. The molecule has 6 nitrogen and oxygen atoms in total. The van der Waals surface area contributed by atoms with Gasteiger partial charge in [0.1, 0.15) is 5.69 Å². The molecule has 0 fully saturated rings. The fourth-order valence-electron chi connectivity index (χ4n) is 3.98. The first-order valence-corrected chi connectivity index (χ1v) is 10.5. The Morgan fingerprint density at radius 3 is 2.93 bits per heavy atom. The topological polar surface area (TPSA) is 82.3 Å². The van der Waals surface area contributed by atoms with E-state index in [-0.39, 0.29) is 0 Å². The fourth-order valence-corrected chi connectivity index (χ4v) is 4.73. The molecule has 3 N–H and O–H groups in total. The summed E-state index contributed by atoms with van der Waals surface area (Å²) in [6.07, 6.45) is 8.99. The van der Waals surface area contributed by atoms with E-state index in [1.807, 2.05) is 18.6 Å². The molecule has 7 heteroatoms. The number of rotatable bonds is 3. The van der Waals surface area contributed by atoms with Crippen LogP contribution >= 0.6 is 11.3 Å². The van der Waals surface area contributed by atoms with Crippen LogP contribution in [0.3, 0.4) is 0 Å². The fraction of sp³-hybridized carbons (Fsp3) is 0.136. The molecule has 0 atom stereocenters. The Bertz CT molecular complexity index is 1360. The lowest BCUT2D eigenvalue weighted by Crippen LogP contribution is -2.20. The molecule has 5 aromatic rings. The van der Waals surface area contributed by atoms with Gasteiger partial charge in [-0.2, -0.15) is 5.10 Å². The predicted molar refractivity (Wildman–Crippen MR) is 118 cm³/mol. The smallest absolute Gasteiger partial charge is 0.155 e. The van der Waals surface area contributed by atoms with Crippen molar-refractivity contribution in [1.82, 2.24) is 30.5 Å². The summed E-state index contributed by atoms with van der Waals surface area (Å²) < 4.78 is 0. The molecule has 5 aromatic heterocycles. The zero-order valence-electron chi connectivity index (χ0n) is 15.6. The van der Waals surface area contributed by atoms with Gasteiger partial charge in [0.05, 0.1) is 17.4 Å². The van der Waals surface area contributed by atoms with E-state index in [1.165, 1.54) is 16.0 Å². The second-order valence-corrected chi connectivity index (χ2v) is 8.13. The number of thiophene rings is 1. The highest BCUT2D eigenvalue weighted by atomic mass is 32.1. The average molecular weight is 398 g/mol. The van der Waals surface area contributed by atoms with Crippen molar-refractivity contribution >= 4 is 38.8 Å². The second kappa shape index (κ2) is 6.65. The maximum Gasteiger partial charge on any atom is 0.155 e. The Labute approximate surface area is 170 Å². The summed E-state index contributed by atoms with van der Waals surface area (Å²) >= 11 is 1.72. The first-order chi connectivity index (χ1) is 14.4.